The van der Waals surface area contributed by atoms with E-state index in [1.54, 1.807) is 18.4 Å². The fourth-order valence-electron chi connectivity index (χ4n) is 2.27. The molecule has 0 aliphatic carbocycles. The van der Waals surface area contributed by atoms with Crippen LogP contribution in [-0.2, 0) is 9.53 Å². The molecular formula is C12H18N2O2S. The second kappa shape index (κ2) is 5.62. The Labute approximate surface area is 105 Å². The molecule has 1 aliphatic rings. The van der Waals surface area contributed by atoms with E-state index in [-0.39, 0.29) is 18.6 Å². The zero-order chi connectivity index (χ0) is 12.3. The van der Waals surface area contributed by atoms with Crippen LogP contribution in [-0.4, -0.2) is 37.1 Å². The summed E-state index contributed by atoms with van der Waals surface area (Å²) in [5.41, 5.74) is 5.81. The molecule has 1 aromatic rings. The van der Waals surface area contributed by atoms with E-state index in [1.807, 2.05) is 16.3 Å². The summed E-state index contributed by atoms with van der Waals surface area (Å²) < 4.78 is 4.94. The van der Waals surface area contributed by atoms with E-state index in [2.05, 4.69) is 6.07 Å². The molecule has 2 N–H and O–H groups in total. The number of nitrogens with two attached hydrogens (primary N) is 1. The fourth-order valence-corrected chi connectivity index (χ4v) is 3.14. The molecule has 17 heavy (non-hydrogen) atoms. The number of hydrogen-bond acceptors (Lipinski definition) is 4. The Morgan fingerprint density at radius 2 is 2.59 bits per heavy atom. The first-order chi connectivity index (χ1) is 8.24. The number of amides is 1. The molecule has 1 saturated heterocycles. The highest BCUT2D eigenvalue weighted by molar-refractivity contribution is 7.10. The van der Waals surface area contributed by atoms with Gasteiger partial charge in [-0.3, -0.25) is 4.79 Å². The van der Waals surface area contributed by atoms with Crippen molar-refractivity contribution in [3.05, 3.63) is 22.4 Å². The van der Waals surface area contributed by atoms with E-state index in [1.165, 1.54) is 4.88 Å². The van der Waals surface area contributed by atoms with Gasteiger partial charge in [-0.15, -0.1) is 11.3 Å². The summed E-state index contributed by atoms with van der Waals surface area (Å²) in [5.74, 6) is 0.00255. The molecule has 1 fully saturated rings. The largest absolute Gasteiger partial charge is 0.383 e. The molecular weight excluding hydrogens is 236 g/mol. The maximum atomic E-state index is 12.2. The first-order valence-corrected chi connectivity index (χ1v) is 6.70. The first-order valence-electron chi connectivity index (χ1n) is 5.82. The van der Waals surface area contributed by atoms with Gasteiger partial charge in [0.05, 0.1) is 12.6 Å². The van der Waals surface area contributed by atoms with Gasteiger partial charge >= 0.3 is 0 Å². The quantitative estimate of drug-likeness (QED) is 0.883. The molecule has 0 spiro atoms. The lowest BCUT2D eigenvalue weighted by Crippen LogP contribution is -2.45. The second-order valence-electron chi connectivity index (χ2n) is 4.27. The third kappa shape index (κ3) is 2.68. The smallest absolute Gasteiger partial charge is 0.242 e. The summed E-state index contributed by atoms with van der Waals surface area (Å²) in [6, 6.07) is 3.78. The van der Waals surface area contributed by atoms with Crippen LogP contribution in [0.3, 0.4) is 0 Å². The highest BCUT2D eigenvalue weighted by Crippen LogP contribution is 2.34. The van der Waals surface area contributed by atoms with Crippen LogP contribution in [0, 0.1) is 0 Å². The van der Waals surface area contributed by atoms with Crippen molar-refractivity contribution in [1.29, 1.82) is 0 Å². The molecule has 0 radical (unpaired) electrons. The molecule has 1 aliphatic heterocycles. The van der Waals surface area contributed by atoms with Crippen LogP contribution in [0.4, 0.5) is 0 Å². The summed E-state index contributed by atoms with van der Waals surface area (Å²) in [6.07, 6.45) is 2.08. The maximum Gasteiger partial charge on any atom is 0.242 e. The normalized spacial score (nSPS) is 21.8. The van der Waals surface area contributed by atoms with Crippen LogP contribution in [0.5, 0.6) is 0 Å². The van der Waals surface area contributed by atoms with Gasteiger partial charge in [-0.1, -0.05) is 6.07 Å². The molecule has 94 valence electrons. The van der Waals surface area contributed by atoms with Gasteiger partial charge in [-0.2, -0.15) is 0 Å². The van der Waals surface area contributed by atoms with Gasteiger partial charge in [-0.05, 0) is 24.3 Å². The number of likely N-dealkylation sites (tertiary alicyclic amines) is 1. The monoisotopic (exact) mass is 254 g/mol. The van der Waals surface area contributed by atoms with Gasteiger partial charge < -0.3 is 15.4 Å². The zero-order valence-electron chi connectivity index (χ0n) is 9.96. The fraction of sp³-hybridized carbons (Fsp3) is 0.583. The average molecular weight is 254 g/mol. The van der Waals surface area contributed by atoms with Crippen molar-refractivity contribution in [2.24, 2.45) is 5.73 Å². The Morgan fingerprint density at radius 3 is 3.24 bits per heavy atom. The van der Waals surface area contributed by atoms with Gasteiger partial charge in [0.2, 0.25) is 5.91 Å². The Bertz CT molecular complexity index is 367. The third-order valence-corrected chi connectivity index (χ3v) is 4.04. The van der Waals surface area contributed by atoms with Gasteiger partial charge in [0.25, 0.3) is 0 Å². The molecule has 2 atom stereocenters. The predicted molar refractivity (Wildman–Crippen MR) is 67.9 cm³/mol. The van der Waals surface area contributed by atoms with Gasteiger partial charge in [-0.25, -0.2) is 0 Å². The van der Waals surface area contributed by atoms with Crippen molar-refractivity contribution in [2.45, 2.75) is 24.9 Å². The first kappa shape index (κ1) is 12.5. The number of nitrogens with zero attached hydrogens (tertiary/aromatic N) is 1. The minimum atomic E-state index is -0.541. The summed E-state index contributed by atoms with van der Waals surface area (Å²) in [4.78, 5) is 15.3. The van der Waals surface area contributed by atoms with Crippen molar-refractivity contribution in [3.8, 4) is 0 Å². The minimum absolute atomic E-state index is 0.00255. The van der Waals surface area contributed by atoms with Crippen LogP contribution < -0.4 is 5.73 Å². The molecule has 2 rings (SSSR count). The van der Waals surface area contributed by atoms with Crippen molar-refractivity contribution in [1.82, 2.24) is 4.90 Å². The van der Waals surface area contributed by atoms with Crippen LogP contribution in [0.2, 0.25) is 0 Å². The van der Waals surface area contributed by atoms with E-state index in [4.69, 9.17) is 10.5 Å². The van der Waals surface area contributed by atoms with Gasteiger partial charge in [0, 0.05) is 18.5 Å². The summed E-state index contributed by atoms with van der Waals surface area (Å²) in [6.45, 7) is 1.09. The Hall–Kier alpha value is -0.910. The Morgan fingerprint density at radius 1 is 1.76 bits per heavy atom. The van der Waals surface area contributed by atoms with E-state index in [0.717, 1.165) is 19.4 Å². The standard InChI is InChI=1S/C12H18N2O2S/c1-16-8-9(13)12(15)14-6-2-4-10(14)11-5-3-7-17-11/h3,5,7,9-10H,2,4,6,8,13H2,1H3. The van der Waals surface area contributed by atoms with Crippen LogP contribution >= 0.6 is 11.3 Å². The van der Waals surface area contributed by atoms with E-state index >= 15 is 0 Å². The second-order valence-corrected chi connectivity index (χ2v) is 5.25. The van der Waals surface area contributed by atoms with E-state index in [9.17, 15) is 4.79 Å². The summed E-state index contributed by atoms with van der Waals surface area (Å²) in [5, 5.41) is 2.05. The molecule has 2 heterocycles. The molecule has 0 aromatic carbocycles. The van der Waals surface area contributed by atoms with Crippen LogP contribution in [0.15, 0.2) is 17.5 Å². The third-order valence-electron chi connectivity index (χ3n) is 3.07. The SMILES string of the molecule is COCC(N)C(=O)N1CCCC1c1cccs1. The van der Waals surface area contributed by atoms with Gasteiger partial charge in [0.1, 0.15) is 6.04 Å². The lowest BCUT2D eigenvalue weighted by Gasteiger charge is -2.26. The average Bonchev–Trinajstić information content (AvgIpc) is 2.98. The lowest BCUT2D eigenvalue weighted by molar-refractivity contribution is -0.134. The predicted octanol–water partition coefficient (Wildman–Crippen LogP) is 1.39. The molecule has 1 aromatic heterocycles. The molecule has 4 nitrogen and oxygen atoms in total. The highest BCUT2D eigenvalue weighted by Gasteiger charge is 2.32. The Kier molecular flexibility index (Phi) is 4.15. The Balaban J connectivity index is 2.07. The topological polar surface area (TPSA) is 55.6 Å². The maximum absolute atomic E-state index is 12.2. The van der Waals surface area contributed by atoms with Crippen molar-refractivity contribution >= 4 is 17.2 Å². The zero-order valence-corrected chi connectivity index (χ0v) is 10.8. The summed E-state index contributed by atoms with van der Waals surface area (Å²) in [7, 11) is 1.56. The number of hydrogen-bond donors (Lipinski definition) is 1. The van der Waals surface area contributed by atoms with E-state index in [0.29, 0.717) is 0 Å². The highest BCUT2D eigenvalue weighted by atomic mass is 32.1. The lowest BCUT2D eigenvalue weighted by atomic mass is 10.1. The number of methoxy groups -OCH3 is 1. The van der Waals surface area contributed by atoms with Crippen molar-refractivity contribution in [2.75, 3.05) is 20.3 Å². The molecule has 2 unspecified atom stereocenters. The molecule has 0 saturated carbocycles. The minimum Gasteiger partial charge on any atom is -0.383 e. The molecule has 1 amide bonds. The number of carbonyl (C=O) groups excluding carboxylic acids is 1. The van der Waals surface area contributed by atoms with Crippen molar-refractivity contribution < 1.29 is 9.53 Å². The number of ether oxygens (including phenoxy) is 1. The number of carbonyl (C=O) groups is 1. The van der Waals surface area contributed by atoms with Crippen LogP contribution in [0.25, 0.3) is 0 Å². The number of rotatable bonds is 4. The van der Waals surface area contributed by atoms with E-state index < -0.39 is 6.04 Å². The van der Waals surface area contributed by atoms with Crippen molar-refractivity contribution in [3.63, 3.8) is 0 Å². The van der Waals surface area contributed by atoms with Gasteiger partial charge in [0.15, 0.2) is 0 Å². The molecule has 0 bridgehead atoms. The summed E-state index contributed by atoms with van der Waals surface area (Å²) >= 11 is 1.70. The molecule has 5 heteroatoms. The number of thiophene rings is 1. The van der Waals surface area contributed by atoms with Crippen LogP contribution in [0.1, 0.15) is 23.8 Å².